The predicted molar refractivity (Wildman–Crippen MR) is 122 cm³/mol. The number of rotatable bonds is 14. The van der Waals surface area contributed by atoms with Crippen molar-refractivity contribution in [3.05, 3.63) is 45.8 Å². The van der Waals surface area contributed by atoms with E-state index in [0.717, 1.165) is 29.3 Å². The predicted octanol–water partition coefficient (Wildman–Crippen LogP) is 3.63. The summed E-state index contributed by atoms with van der Waals surface area (Å²) in [6, 6.07) is 5.54. The Kier molecular flexibility index (Phi) is 11.0. The lowest BCUT2D eigenvalue weighted by Crippen LogP contribution is -2.23. The molecule has 1 heterocycles. The molecule has 0 fully saturated rings. The van der Waals surface area contributed by atoms with E-state index in [0.29, 0.717) is 23.8 Å². The molecule has 10 nitrogen and oxygen atoms in total. The van der Waals surface area contributed by atoms with E-state index in [1.54, 1.807) is 20.2 Å². The highest BCUT2D eigenvalue weighted by Crippen LogP contribution is 2.32. The number of hydrogen-bond acceptors (Lipinski definition) is 8. The zero-order valence-corrected chi connectivity index (χ0v) is 20.7. The first-order valence-electron chi connectivity index (χ1n) is 8.96. The summed E-state index contributed by atoms with van der Waals surface area (Å²) in [5, 5.41) is 19.2. The van der Waals surface area contributed by atoms with Gasteiger partial charge in [-0.05, 0) is 22.6 Å². The number of hydrogen-bond donors (Lipinski definition) is 2. The molecule has 0 aliphatic heterocycles. The smallest absolute Gasteiger partial charge is 0.434 e. The number of aromatic nitrogens is 2. The number of nitrogens with zero attached hydrogens (tertiary/aromatic N) is 3. The van der Waals surface area contributed by atoms with Crippen molar-refractivity contribution in [1.29, 1.82) is 0 Å². The van der Waals surface area contributed by atoms with E-state index < -0.39 is 13.4 Å². The molecule has 0 amide bonds. The molecule has 2 rings (SSSR count). The van der Waals surface area contributed by atoms with E-state index in [-0.39, 0.29) is 12.6 Å². The molecule has 13 heteroatoms. The van der Waals surface area contributed by atoms with Crippen molar-refractivity contribution >= 4 is 46.3 Å². The van der Waals surface area contributed by atoms with Crippen molar-refractivity contribution in [2.45, 2.75) is 13.2 Å². The molecule has 1 aromatic heterocycles. The summed E-state index contributed by atoms with van der Waals surface area (Å²) >= 11 is 6.80. The maximum absolute atomic E-state index is 10.9. The van der Waals surface area contributed by atoms with Gasteiger partial charge in [0.05, 0.1) is 20.8 Å². The molecular formula is C17H24Br2N5O5P. The molecule has 2 aromatic rings. The average molecular weight is 569 g/mol. The van der Waals surface area contributed by atoms with Crippen molar-refractivity contribution < 1.29 is 18.9 Å². The van der Waals surface area contributed by atoms with Gasteiger partial charge in [-0.1, -0.05) is 42.9 Å². The molecule has 0 unspecified atom stereocenters. The normalized spacial score (nSPS) is 11.1. The highest BCUT2D eigenvalue weighted by atomic mass is 79.9. The van der Waals surface area contributed by atoms with Gasteiger partial charge in [0.1, 0.15) is 12.8 Å². The monoisotopic (exact) mass is 567 g/mol. The first-order valence-corrected chi connectivity index (χ1v) is 12.5. The lowest BCUT2D eigenvalue weighted by Gasteiger charge is -2.19. The van der Waals surface area contributed by atoms with Gasteiger partial charge in [-0.25, -0.2) is 4.57 Å². The molecule has 166 valence electrons. The molecule has 30 heavy (non-hydrogen) atoms. The average Bonchev–Trinajstić information content (AvgIpc) is 3.12. The first-order chi connectivity index (χ1) is 14.5. The van der Waals surface area contributed by atoms with E-state index in [4.69, 9.17) is 14.0 Å². The van der Waals surface area contributed by atoms with Gasteiger partial charge >= 0.3 is 5.95 Å². The van der Waals surface area contributed by atoms with Crippen LogP contribution >= 0.6 is 40.3 Å². The Morgan fingerprint density at radius 3 is 2.47 bits per heavy atom. The molecule has 0 spiro atoms. The maximum Gasteiger partial charge on any atom is 0.434 e. The second-order valence-electron chi connectivity index (χ2n) is 5.90. The third kappa shape index (κ3) is 7.44. The van der Waals surface area contributed by atoms with Crippen LogP contribution in [0.15, 0.2) is 24.4 Å². The number of benzene rings is 1. The van der Waals surface area contributed by atoms with Gasteiger partial charge in [0.25, 0.3) is 0 Å². The Morgan fingerprint density at radius 2 is 1.90 bits per heavy atom. The highest BCUT2D eigenvalue weighted by molar-refractivity contribution is 9.09. The van der Waals surface area contributed by atoms with E-state index in [1.807, 2.05) is 12.1 Å². The summed E-state index contributed by atoms with van der Waals surface area (Å²) in [5.74, 6) is 0.854. The molecule has 0 saturated heterocycles. The zero-order valence-electron chi connectivity index (χ0n) is 16.6. The first kappa shape index (κ1) is 25.0. The Morgan fingerprint density at radius 1 is 1.20 bits per heavy atom. The Hall–Kier alpha value is -1.30. The fourth-order valence-corrected chi connectivity index (χ4v) is 4.60. The van der Waals surface area contributed by atoms with Crippen LogP contribution in [0.2, 0.25) is 0 Å². The summed E-state index contributed by atoms with van der Waals surface area (Å²) in [6.45, 7) is 2.12. The molecule has 0 saturated carbocycles. The Bertz CT molecular complexity index is 818. The van der Waals surface area contributed by atoms with Crippen LogP contribution in [0.25, 0.3) is 0 Å². The van der Waals surface area contributed by atoms with Crippen LogP contribution in [0.5, 0.6) is 11.5 Å². The van der Waals surface area contributed by atoms with Crippen molar-refractivity contribution in [2.24, 2.45) is 7.05 Å². The Balaban J connectivity index is 1.99. The minimum atomic E-state index is -0.958. The summed E-state index contributed by atoms with van der Waals surface area (Å²) in [5.41, 5.74) is 1.52. The SMILES string of the molecule is COc1cc(COP(NCCBr)NCCBr)ccc1OCc1cnc([N+](=O)[O-])n1C. The second kappa shape index (κ2) is 13.2. The zero-order chi connectivity index (χ0) is 21.9. The summed E-state index contributed by atoms with van der Waals surface area (Å²) in [7, 11) is 2.18. The number of alkyl halides is 2. The quantitative estimate of drug-likeness (QED) is 0.154. The van der Waals surface area contributed by atoms with Crippen LogP contribution in [0.4, 0.5) is 5.95 Å². The highest BCUT2D eigenvalue weighted by Gasteiger charge is 2.18. The molecule has 2 N–H and O–H groups in total. The standard InChI is InChI=1S/C17H24Br2N5O5P/c1-23-14(10-20-17(23)24(25)26)12-28-15-4-3-13(9-16(15)27-2)11-29-30(21-7-5-18)22-8-6-19/h3-4,9-10,21-22H,5-8,11-12H2,1-2H3. The van der Waals surface area contributed by atoms with Gasteiger partial charge in [-0.15, -0.1) is 0 Å². The number of nitro groups is 1. The molecule has 0 aliphatic rings. The van der Waals surface area contributed by atoms with Crippen LogP contribution < -0.4 is 19.6 Å². The summed E-state index contributed by atoms with van der Waals surface area (Å²) < 4.78 is 18.6. The van der Waals surface area contributed by atoms with E-state index in [9.17, 15) is 10.1 Å². The lowest BCUT2D eigenvalue weighted by molar-refractivity contribution is -0.396. The molecule has 0 bridgehead atoms. The van der Waals surface area contributed by atoms with Crippen LogP contribution in [-0.4, -0.2) is 45.3 Å². The molecule has 0 aliphatic carbocycles. The van der Waals surface area contributed by atoms with E-state index in [1.165, 1.54) is 10.8 Å². The van der Waals surface area contributed by atoms with Gasteiger partial charge in [-0.3, -0.25) is 10.2 Å². The summed E-state index contributed by atoms with van der Waals surface area (Å²) in [4.78, 5) is 14.2. The van der Waals surface area contributed by atoms with Crippen molar-refractivity contribution in [1.82, 2.24) is 19.7 Å². The number of imidazole rings is 1. The van der Waals surface area contributed by atoms with Crippen LogP contribution in [0.3, 0.4) is 0 Å². The fourth-order valence-electron chi connectivity index (χ4n) is 2.38. The fraction of sp³-hybridized carbons (Fsp3) is 0.471. The van der Waals surface area contributed by atoms with Crippen LogP contribution in [0, 0.1) is 10.1 Å². The third-order valence-electron chi connectivity index (χ3n) is 3.89. The van der Waals surface area contributed by atoms with Gasteiger partial charge in [0, 0.05) is 23.7 Å². The second-order valence-corrected chi connectivity index (χ2v) is 8.97. The van der Waals surface area contributed by atoms with E-state index >= 15 is 0 Å². The minimum absolute atomic E-state index is 0.127. The maximum atomic E-state index is 10.9. The van der Waals surface area contributed by atoms with Crippen LogP contribution in [-0.2, 0) is 24.8 Å². The molecule has 0 radical (unpaired) electrons. The molecule has 0 atom stereocenters. The molecule has 1 aromatic carbocycles. The molecular weight excluding hydrogens is 545 g/mol. The van der Waals surface area contributed by atoms with Crippen molar-refractivity contribution in [3.8, 4) is 11.5 Å². The number of nitrogens with one attached hydrogen (secondary N) is 2. The van der Waals surface area contributed by atoms with Gasteiger partial charge in [0.15, 0.2) is 25.6 Å². The van der Waals surface area contributed by atoms with Gasteiger partial charge in [0.2, 0.25) is 0 Å². The minimum Gasteiger partial charge on any atom is -0.493 e. The number of ether oxygens (including phenoxy) is 2. The van der Waals surface area contributed by atoms with E-state index in [2.05, 4.69) is 47.0 Å². The summed E-state index contributed by atoms with van der Waals surface area (Å²) in [6.07, 6.45) is 1.43. The van der Waals surface area contributed by atoms with Crippen molar-refractivity contribution in [2.75, 3.05) is 30.9 Å². The largest absolute Gasteiger partial charge is 0.493 e. The van der Waals surface area contributed by atoms with Crippen molar-refractivity contribution in [3.63, 3.8) is 0 Å². The third-order valence-corrected chi connectivity index (χ3v) is 6.09. The van der Waals surface area contributed by atoms with Gasteiger partial charge in [-0.2, -0.15) is 0 Å². The van der Waals surface area contributed by atoms with Gasteiger partial charge < -0.3 is 24.1 Å². The van der Waals surface area contributed by atoms with Crippen LogP contribution in [0.1, 0.15) is 11.3 Å². The Labute approximate surface area is 193 Å². The topological polar surface area (TPSA) is 113 Å². The number of methoxy groups -OCH3 is 1. The number of halogens is 2. The lowest BCUT2D eigenvalue weighted by atomic mass is 10.2.